The monoisotopic (exact) mass is 468 g/mol. The van der Waals surface area contributed by atoms with Gasteiger partial charge in [-0.05, 0) is 56.3 Å². The summed E-state index contributed by atoms with van der Waals surface area (Å²) >= 11 is 0. The van der Waals surface area contributed by atoms with Crippen molar-refractivity contribution in [3.05, 3.63) is 0 Å². The molecule has 0 amide bonds. The van der Waals surface area contributed by atoms with Crippen molar-refractivity contribution in [2.75, 3.05) is 19.8 Å². The molecule has 0 heterocycles. The second-order valence-electron chi connectivity index (χ2n) is 11.2. The second kappa shape index (κ2) is 23.6. The minimum absolute atomic E-state index is 0.357. The topological polar surface area (TPSA) is 60.7 Å². The third kappa shape index (κ3) is 18.8. The summed E-state index contributed by atoms with van der Waals surface area (Å²) in [5.41, 5.74) is 0. The average molecular weight is 469 g/mol. The lowest BCUT2D eigenvalue weighted by Crippen LogP contribution is -2.23. The lowest BCUT2D eigenvalue weighted by molar-refractivity contribution is 0.163. The third-order valence-electron chi connectivity index (χ3n) is 8.06. The maximum Gasteiger partial charge on any atom is 0.0431 e. The Balaban J connectivity index is 2.27. The van der Waals surface area contributed by atoms with Crippen LogP contribution in [0, 0.1) is 17.8 Å². The van der Waals surface area contributed by atoms with Crippen LogP contribution in [-0.4, -0.2) is 35.1 Å². The largest absolute Gasteiger partial charge is 0.396 e. The fraction of sp³-hybridized carbons (Fsp3) is 1.00. The van der Waals surface area contributed by atoms with Gasteiger partial charge in [-0.3, -0.25) is 0 Å². The normalized spacial score (nSPS) is 21.0. The molecule has 1 rings (SSSR count). The van der Waals surface area contributed by atoms with E-state index in [1.165, 1.54) is 135 Å². The number of hydrogen-bond donors (Lipinski definition) is 3. The summed E-state index contributed by atoms with van der Waals surface area (Å²) in [7, 11) is 0. The van der Waals surface area contributed by atoms with Crippen molar-refractivity contribution in [1.29, 1.82) is 0 Å². The number of rotatable bonds is 24. The molecule has 0 aromatic carbocycles. The van der Waals surface area contributed by atoms with Crippen LogP contribution in [0.1, 0.15) is 154 Å². The van der Waals surface area contributed by atoms with Crippen LogP contribution < -0.4 is 0 Å². The van der Waals surface area contributed by atoms with E-state index in [1.54, 1.807) is 0 Å². The molecule has 1 aliphatic carbocycles. The first-order chi connectivity index (χ1) is 16.3. The van der Waals surface area contributed by atoms with Gasteiger partial charge in [0.15, 0.2) is 0 Å². The first kappa shape index (κ1) is 30.9. The van der Waals surface area contributed by atoms with Crippen LogP contribution in [0.4, 0.5) is 0 Å². The molecule has 1 aliphatic rings. The molecule has 3 N–H and O–H groups in total. The zero-order valence-electron chi connectivity index (χ0n) is 22.2. The van der Waals surface area contributed by atoms with E-state index in [0.717, 1.165) is 37.0 Å². The van der Waals surface area contributed by atoms with Gasteiger partial charge in [0.25, 0.3) is 0 Å². The molecule has 3 heteroatoms. The standard InChI is InChI=1S/C30H60O3/c31-22-16-10-4-1-7-13-19-28-25-29(20-14-8-2-5-11-17-23-32)27-30(26-28)21-15-9-3-6-12-18-24-33/h28-33H,1-27H2. The van der Waals surface area contributed by atoms with Gasteiger partial charge < -0.3 is 15.3 Å². The maximum atomic E-state index is 8.92. The Bertz CT molecular complexity index is 324. The third-order valence-corrected chi connectivity index (χ3v) is 8.06. The molecule has 1 saturated carbocycles. The molecule has 0 bridgehead atoms. The smallest absolute Gasteiger partial charge is 0.0431 e. The van der Waals surface area contributed by atoms with E-state index in [2.05, 4.69) is 0 Å². The summed E-state index contributed by atoms with van der Waals surface area (Å²) in [4.78, 5) is 0. The highest BCUT2D eigenvalue weighted by molar-refractivity contribution is 4.79. The van der Waals surface area contributed by atoms with Crippen LogP contribution >= 0.6 is 0 Å². The van der Waals surface area contributed by atoms with E-state index in [4.69, 9.17) is 15.3 Å². The summed E-state index contributed by atoms with van der Waals surface area (Å²) < 4.78 is 0. The van der Waals surface area contributed by atoms with E-state index in [0.29, 0.717) is 19.8 Å². The molecule has 33 heavy (non-hydrogen) atoms. The van der Waals surface area contributed by atoms with E-state index in [9.17, 15) is 0 Å². The summed E-state index contributed by atoms with van der Waals surface area (Å²) in [6, 6.07) is 0. The van der Waals surface area contributed by atoms with Gasteiger partial charge in [-0.25, -0.2) is 0 Å². The van der Waals surface area contributed by atoms with Crippen LogP contribution in [-0.2, 0) is 0 Å². The van der Waals surface area contributed by atoms with Crippen LogP contribution in [0.5, 0.6) is 0 Å². The molecule has 0 unspecified atom stereocenters. The highest BCUT2D eigenvalue weighted by atomic mass is 16.3. The van der Waals surface area contributed by atoms with Crippen LogP contribution in [0.25, 0.3) is 0 Å². The minimum atomic E-state index is 0.357. The quantitative estimate of drug-likeness (QED) is 0.125. The molecule has 0 saturated heterocycles. The lowest BCUT2D eigenvalue weighted by Gasteiger charge is -2.35. The maximum absolute atomic E-state index is 8.92. The highest BCUT2D eigenvalue weighted by Crippen LogP contribution is 2.40. The van der Waals surface area contributed by atoms with Crippen molar-refractivity contribution in [3.63, 3.8) is 0 Å². The molecule has 0 aromatic rings. The van der Waals surface area contributed by atoms with Crippen molar-refractivity contribution in [1.82, 2.24) is 0 Å². The first-order valence-electron chi connectivity index (χ1n) is 15.1. The van der Waals surface area contributed by atoms with Gasteiger partial charge in [0.05, 0.1) is 0 Å². The van der Waals surface area contributed by atoms with Gasteiger partial charge in [0, 0.05) is 19.8 Å². The summed E-state index contributed by atoms with van der Waals surface area (Å²) in [6.07, 6.45) is 31.7. The van der Waals surface area contributed by atoms with Gasteiger partial charge in [0.2, 0.25) is 0 Å². The van der Waals surface area contributed by atoms with E-state index < -0.39 is 0 Å². The van der Waals surface area contributed by atoms with E-state index in [1.807, 2.05) is 0 Å². The second-order valence-corrected chi connectivity index (χ2v) is 11.2. The zero-order valence-corrected chi connectivity index (χ0v) is 22.2. The Morgan fingerprint density at radius 3 is 0.758 bits per heavy atom. The van der Waals surface area contributed by atoms with Crippen LogP contribution in [0.15, 0.2) is 0 Å². The van der Waals surface area contributed by atoms with Crippen molar-refractivity contribution in [3.8, 4) is 0 Å². The lowest BCUT2D eigenvalue weighted by atomic mass is 9.70. The van der Waals surface area contributed by atoms with E-state index in [-0.39, 0.29) is 0 Å². The Morgan fingerprint density at radius 2 is 0.515 bits per heavy atom. The predicted octanol–water partition coefficient (Wildman–Crippen LogP) is 8.19. The summed E-state index contributed by atoms with van der Waals surface area (Å²) in [5, 5.41) is 26.8. The fourth-order valence-electron chi connectivity index (χ4n) is 6.17. The average Bonchev–Trinajstić information content (AvgIpc) is 2.82. The molecule has 0 aromatic heterocycles. The zero-order chi connectivity index (χ0) is 23.8. The van der Waals surface area contributed by atoms with Gasteiger partial charge in [-0.15, -0.1) is 0 Å². The molecule has 198 valence electrons. The van der Waals surface area contributed by atoms with Gasteiger partial charge in [-0.2, -0.15) is 0 Å². The number of hydrogen-bond acceptors (Lipinski definition) is 3. The van der Waals surface area contributed by atoms with Gasteiger partial charge in [-0.1, -0.05) is 116 Å². The Hall–Kier alpha value is -0.120. The molecular weight excluding hydrogens is 408 g/mol. The number of unbranched alkanes of at least 4 members (excludes halogenated alkanes) is 15. The Kier molecular flexibility index (Phi) is 22.1. The SMILES string of the molecule is OCCCCCCCCC1CC(CCCCCCCCO)CC(CCCCCCCCO)C1. The van der Waals surface area contributed by atoms with Gasteiger partial charge >= 0.3 is 0 Å². The predicted molar refractivity (Wildman–Crippen MR) is 143 cm³/mol. The molecule has 3 nitrogen and oxygen atoms in total. The molecule has 0 atom stereocenters. The molecule has 0 spiro atoms. The van der Waals surface area contributed by atoms with Crippen molar-refractivity contribution < 1.29 is 15.3 Å². The summed E-state index contributed by atoms with van der Waals surface area (Å²) in [6.45, 7) is 1.07. The molecular formula is C30H60O3. The van der Waals surface area contributed by atoms with Crippen molar-refractivity contribution in [2.24, 2.45) is 17.8 Å². The fourth-order valence-corrected chi connectivity index (χ4v) is 6.17. The summed E-state index contributed by atoms with van der Waals surface area (Å²) in [5.74, 6) is 2.92. The molecule has 0 aliphatic heterocycles. The Labute approximate surface area is 207 Å². The van der Waals surface area contributed by atoms with Crippen molar-refractivity contribution >= 4 is 0 Å². The molecule has 0 radical (unpaired) electrons. The number of aliphatic hydroxyl groups is 3. The van der Waals surface area contributed by atoms with Gasteiger partial charge in [0.1, 0.15) is 0 Å². The number of aliphatic hydroxyl groups excluding tert-OH is 3. The molecule has 1 fully saturated rings. The Morgan fingerprint density at radius 1 is 0.303 bits per heavy atom. The van der Waals surface area contributed by atoms with Crippen LogP contribution in [0.2, 0.25) is 0 Å². The minimum Gasteiger partial charge on any atom is -0.396 e. The van der Waals surface area contributed by atoms with Crippen LogP contribution in [0.3, 0.4) is 0 Å². The van der Waals surface area contributed by atoms with Crippen molar-refractivity contribution in [2.45, 2.75) is 154 Å². The first-order valence-corrected chi connectivity index (χ1v) is 15.1. The van der Waals surface area contributed by atoms with E-state index >= 15 is 0 Å². The highest BCUT2D eigenvalue weighted by Gasteiger charge is 2.27.